The van der Waals surface area contributed by atoms with E-state index < -0.39 is 4.92 Å². The van der Waals surface area contributed by atoms with Gasteiger partial charge in [0.05, 0.1) is 11.0 Å². The Bertz CT molecular complexity index is 759. The summed E-state index contributed by atoms with van der Waals surface area (Å²) in [6, 6.07) is 10.9. The van der Waals surface area contributed by atoms with Crippen LogP contribution in [0.1, 0.15) is 23.6 Å². The van der Waals surface area contributed by atoms with Crippen molar-refractivity contribution in [3.63, 3.8) is 0 Å². The van der Waals surface area contributed by atoms with E-state index in [0.29, 0.717) is 0 Å². The molecule has 2 N–H and O–H groups in total. The van der Waals surface area contributed by atoms with Gasteiger partial charge in [0, 0.05) is 31.5 Å². The highest BCUT2D eigenvalue weighted by Gasteiger charge is 2.22. The van der Waals surface area contributed by atoms with Gasteiger partial charge in [-0.1, -0.05) is 0 Å². The summed E-state index contributed by atoms with van der Waals surface area (Å²) in [4.78, 5) is 12.3. The predicted molar refractivity (Wildman–Crippen MR) is 90.2 cm³/mol. The molecular weight excluding hydrogens is 294 g/mol. The second-order valence-corrected chi connectivity index (χ2v) is 5.98. The number of aromatic hydroxyl groups is 1. The molecule has 2 aromatic rings. The standard InChI is InChI=1S/C17H19N3O3/c1-19(2)13-5-7-15-11(9-13)3-6-14(18-15)12-4-8-16(20(22)23)17(21)10-12/h4-5,7-10,14,18,21H,3,6H2,1-2H3. The van der Waals surface area contributed by atoms with Crippen LogP contribution in [0.4, 0.5) is 17.1 Å². The van der Waals surface area contributed by atoms with Crippen molar-refractivity contribution in [2.75, 3.05) is 24.3 Å². The van der Waals surface area contributed by atoms with Crippen LogP contribution in [0.15, 0.2) is 36.4 Å². The minimum Gasteiger partial charge on any atom is -0.502 e. The molecule has 1 aliphatic rings. The molecule has 1 aliphatic heterocycles. The third-order valence-electron chi connectivity index (χ3n) is 4.24. The summed E-state index contributed by atoms with van der Waals surface area (Å²) in [5, 5.41) is 24.1. The first-order chi connectivity index (χ1) is 11.0. The first kappa shape index (κ1) is 15.1. The lowest BCUT2D eigenvalue weighted by atomic mass is 9.93. The van der Waals surface area contributed by atoms with Crippen molar-refractivity contribution < 1.29 is 10.0 Å². The summed E-state index contributed by atoms with van der Waals surface area (Å²) in [6.45, 7) is 0. The van der Waals surface area contributed by atoms with Crippen LogP contribution in [-0.4, -0.2) is 24.1 Å². The zero-order valence-electron chi connectivity index (χ0n) is 13.1. The lowest BCUT2D eigenvalue weighted by Crippen LogP contribution is -2.19. The van der Waals surface area contributed by atoms with Crippen molar-refractivity contribution >= 4 is 17.1 Å². The highest BCUT2D eigenvalue weighted by atomic mass is 16.6. The van der Waals surface area contributed by atoms with E-state index in [9.17, 15) is 15.2 Å². The Morgan fingerprint density at radius 1 is 1.26 bits per heavy atom. The highest BCUT2D eigenvalue weighted by Crippen LogP contribution is 2.37. The Labute approximate surface area is 134 Å². The minimum atomic E-state index is -0.578. The summed E-state index contributed by atoms with van der Waals surface area (Å²) in [5.41, 5.74) is 4.09. The van der Waals surface area contributed by atoms with Crippen LogP contribution < -0.4 is 10.2 Å². The van der Waals surface area contributed by atoms with Crippen LogP contribution in [0.25, 0.3) is 0 Å². The Balaban J connectivity index is 1.85. The first-order valence-electron chi connectivity index (χ1n) is 7.50. The number of phenolic OH excluding ortho intramolecular Hbond substituents is 1. The van der Waals surface area contributed by atoms with Crippen molar-refractivity contribution in [3.05, 3.63) is 57.6 Å². The van der Waals surface area contributed by atoms with Gasteiger partial charge >= 0.3 is 5.69 Å². The third-order valence-corrected chi connectivity index (χ3v) is 4.24. The maximum Gasteiger partial charge on any atom is 0.310 e. The van der Waals surface area contributed by atoms with Crippen LogP contribution in [0.2, 0.25) is 0 Å². The van der Waals surface area contributed by atoms with Crippen LogP contribution >= 0.6 is 0 Å². The molecule has 0 spiro atoms. The van der Waals surface area contributed by atoms with Crippen molar-refractivity contribution in [1.29, 1.82) is 0 Å². The van der Waals surface area contributed by atoms with Crippen molar-refractivity contribution in [3.8, 4) is 5.75 Å². The van der Waals surface area contributed by atoms with Gasteiger partial charge in [-0.3, -0.25) is 10.1 Å². The molecule has 3 rings (SSSR count). The first-order valence-corrected chi connectivity index (χ1v) is 7.50. The SMILES string of the molecule is CN(C)c1ccc2c(c1)CCC(c1ccc([N+](=O)[O-])c(O)c1)N2. The number of hydrogen-bond donors (Lipinski definition) is 2. The van der Waals surface area contributed by atoms with E-state index in [1.807, 2.05) is 14.1 Å². The predicted octanol–water partition coefficient (Wildman–Crippen LogP) is 3.47. The quantitative estimate of drug-likeness (QED) is 0.670. The smallest absolute Gasteiger partial charge is 0.310 e. The second kappa shape index (κ2) is 5.79. The topological polar surface area (TPSA) is 78.6 Å². The number of nitro groups is 1. The van der Waals surface area contributed by atoms with Crippen LogP contribution in [0.3, 0.4) is 0 Å². The molecule has 0 radical (unpaired) electrons. The van der Waals surface area contributed by atoms with Gasteiger partial charge in [0.25, 0.3) is 0 Å². The fraction of sp³-hybridized carbons (Fsp3) is 0.294. The number of anilines is 2. The number of phenols is 1. The van der Waals surface area contributed by atoms with Gasteiger partial charge in [-0.2, -0.15) is 0 Å². The number of benzene rings is 2. The largest absolute Gasteiger partial charge is 0.502 e. The van der Waals surface area contributed by atoms with Crippen molar-refractivity contribution in [1.82, 2.24) is 0 Å². The van der Waals surface area contributed by atoms with Gasteiger partial charge in [0.1, 0.15) is 0 Å². The fourth-order valence-electron chi connectivity index (χ4n) is 2.93. The molecule has 1 heterocycles. The fourth-order valence-corrected chi connectivity index (χ4v) is 2.93. The van der Waals surface area contributed by atoms with Crippen molar-refractivity contribution in [2.24, 2.45) is 0 Å². The van der Waals surface area contributed by atoms with Gasteiger partial charge < -0.3 is 15.3 Å². The van der Waals surface area contributed by atoms with Gasteiger partial charge in [-0.15, -0.1) is 0 Å². The number of nitrogens with zero attached hydrogens (tertiary/aromatic N) is 2. The van der Waals surface area contributed by atoms with E-state index in [0.717, 1.165) is 29.8 Å². The second-order valence-electron chi connectivity index (χ2n) is 5.98. The molecule has 0 aromatic heterocycles. The number of rotatable bonds is 3. The lowest BCUT2D eigenvalue weighted by molar-refractivity contribution is -0.385. The van der Waals surface area contributed by atoms with Gasteiger partial charge in [0.15, 0.2) is 5.75 Å². The maximum atomic E-state index is 10.8. The molecule has 0 fully saturated rings. The van der Waals surface area contributed by atoms with Gasteiger partial charge in [0.2, 0.25) is 0 Å². The highest BCUT2D eigenvalue weighted by molar-refractivity contribution is 5.62. The van der Waals surface area contributed by atoms with E-state index >= 15 is 0 Å². The molecule has 0 amide bonds. The minimum absolute atomic E-state index is 0.0411. The molecule has 0 saturated heterocycles. The Morgan fingerprint density at radius 2 is 2.04 bits per heavy atom. The van der Waals surface area contributed by atoms with E-state index in [4.69, 9.17) is 0 Å². The van der Waals surface area contributed by atoms with Crippen LogP contribution in [-0.2, 0) is 6.42 Å². The normalized spacial score (nSPS) is 16.3. The number of fused-ring (bicyclic) bond motifs is 1. The molecule has 6 heteroatoms. The van der Waals surface area contributed by atoms with Gasteiger partial charge in [-0.05, 0) is 54.3 Å². The van der Waals surface area contributed by atoms with Crippen LogP contribution in [0, 0.1) is 10.1 Å². The van der Waals surface area contributed by atoms with E-state index in [1.165, 1.54) is 17.7 Å². The molecule has 1 unspecified atom stereocenters. The lowest BCUT2D eigenvalue weighted by Gasteiger charge is -2.28. The molecule has 2 aromatic carbocycles. The zero-order chi connectivity index (χ0) is 16.6. The molecule has 0 aliphatic carbocycles. The van der Waals surface area contributed by atoms with E-state index in [-0.39, 0.29) is 17.5 Å². The summed E-state index contributed by atoms with van der Waals surface area (Å²) < 4.78 is 0. The number of nitrogens with one attached hydrogen (secondary N) is 1. The molecule has 23 heavy (non-hydrogen) atoms. The zero-order valence-corrected chi connectivity index (χ0v) is 13.1. The monoisotopic (exact) mass is 313 g/mol. The average Bonchev–Trinajstić information content (AvgIpc) is 2.53. The molecule has 0 saturated carbocycles. The Morgan fingerprint density at radius 3 is 2.70 bits per heavy atom. The van der Waals surface area contributed by atoms with E-state index in [2.05, 4.69) is 28.4 Å². The number of aryl methyl sites for hydroxylation is 1. The average molecular weight is 313 g/mol. The third kappa shape index (κ3) is 2.92. The summed E-state index contributed by atoms with van der Waals surface area (Å²) in [6.07, 6.45) is 1.80. The van der Waals surface area contributed by atoms with Crippen LogP contribution in [0.5, 0.6) is 5.75 Å². The summed E-state index contributed by atoms with van der Waals surface area (Å²) >= 11 is 0. The summed E-state index contributed by atoms with van der Waals surface area (Å²) in [7, 11) is 4.03. The van der Waals surface area contributed by atoms with E-state index in [1.54, 1.807) is 6.07 Å². The molecule has 1 atom stereocenters. The molecule has 120 valence electrons. The molecule has 6 nitrogen and oxygen atoms in total. The number of hydrogen-bond acceptors (Lipinski definition) is 5. The Kier molecular flexibility index (Phi) is 3.82. The Hall–Kier alpha value is -2.76. The molecule has 0 bridgehead atoms. The number of nitro benzene ring substituents is 1. The maximum absolute atomic E-state index is 10.8. The molecular formula is C17H19N3O3. The summed E-state index contributed by atoms with van der Waals surface area (Å²) in [5.74, 6) is -0.289. The van der Waals surface area contributed by atoms with Crippen molar-refractivity contribution in [2.45, 2.75) is 18.9 Å². The van der Waals surface area contributed by atoms with Gasteiger partial charge in [-0.25, -0.2) is 0 Å².